The molecule has 0 saturated heterocycles. The van der Waals surface area contributed by atoms with Gasteiger partial charge in [0.1, 0.15) is 17.7 Å². The summed E-state index contributed by atoms with van der Waals surface area (Å²) in [5.41, 5.74) is 0.155. The fraction of sp³-hybridized carbons (Fsp3) is 0.500. The predicted molar refractivity (Wildman–Crippen MR) is 47.6 cm³/mol. The van der Waals surface area contributed by atoms with Crippen molar-refractivity contribution in [2.75, 3.05) is 6.61 Å². The topological polar surface area (TPSA) is 73.9 Å². The molecule has 0 aliphatic heterocycles. The van der Waals surface area contributed by atoms with Gasteiger partial charge in [-0.2, -0.15) is 10.5 Å². The van der Waals surface area contributed by atoms with E-state index in [1.165, 1.54) is 0 Å². The molecule has 0 radical (unpaired) electrons. The molecule has 1 saturated carbocycles. The molecule has 0 amide bonds. The van der Waals surface area contributed by atoms with E-state index in [-0.39, 0.29) is 23.7 Å². The average Bonchev–Trinajstić information content (AvgIpc) is 2.97. The molecule has 1 aliphatic rings. The quantitative estimate of drug-likeness (QED) is 0.382. The van der Waals surface area contributed by atoms with Crippen LogP contribution in [0.15, 0.2) is 11.1 Å². The highest BCUT2D eigenvalue weighted by atomic mass is 16.5. The summed E-state index contributed by atoms with van der Waals surface area (Å²) < 4.78 is 4.79. The van der Waals surface area contributed by atoms with E-state index in [0.29, 0.717) is 0 Å². The summed E-state index contributed by atoms with van der Waals surface area (Å²) in [6.45, 7) is 1.96. The minimum absolute atomic E-state index is 0.0587. The van der Waals surface area contributed by atoms with Crippen LogP contribution in [0.5, 0.6) is 0 Å². The molecular formula is C10H10N2O2. The number of allylic oxidation sites excluding steroid dienone is 1. The standard InChI is InChI=1S/C10H10N2O2/c1-2-14-10(13)9(7-3-4-7)8(5-11)6-12/h7H,2-4H2,1H3. The van der Waals surface area contributed by atoms with Gasteiger partial charge in [0, 0.05) is 0 Å². The number of hydrogen-bond acceptors (Lipinski definition) is 4. The van der Waals surface area contributed by atoms with Crippen molar-refractivity contribution in [1.29, 1.82) is 10.5 Å². The molecule has 0 heterocycles. The van der Waals surface area contributed by atoms with E-state index in [9.17, 15) is 4.79 Å². The molecule has 4 heteroatoms. The van der Waals surface area contributed by atoms with Crippen LogP contribution in [-0.4, -0.2) is 12.6 Å². The van der Waals surface area contributed by atoms with E-state index in [0.717, 1.165) is 12.8 Å². The Morgan fingerprint density at radius 3 is 2.36 bits per heavy atom. The molecule has 0 bridgehead atoms. The molecule has 1 rings (SSSR count). The lowest BCUT2D eigenvalue weighted by Crippen LogP contribution is -2.11. The number of nitrogens with zero attached hydrogens (tertiary/aromatic N) is 2. The normalized spacial score (nSPS) is 13.6. The average molecular weight is 190 g/mol. The molecule has 0 unspecified atom stereocenters. The van der Waals surface area contributed by atoms with E-state index in [1.54, 1.807) is 19.1 Å². The van der Waals surface area contributed by atoms with Crippen LogP contribution in [0.25, 0.3) is 0 Å². The Morgan fingerprint density at radius 2 is 2.00 bits per heavy atom. The van der Waals surface area contributed by atoms with Crippen LogP contribution in [0.4, 0.5) is 0 Å². The molecule has 14 heavy (non-hydrogen) atoms. The van der Waals surface area contributed by atoms with Crippen LogP contribution in [0.1, 0.15) is 19.8 Å². The summed E-state index contributed by atoms with van der Waals surface area (Å²) in [6.07, 6.45) is 1.72. The molecule has 0 aromatic carbocycles. The molecular weight excluding hydrogens is 180 g/mol. The molecule has 0 atom stereocenters. The predicted octanol–water partition coefficient (Wildman–Crippen LogP) is 1.30. The van der Waals surface area contributed by atoms with Gasteiger partial charge < -0.3 is 4.74 Å². The maximum absolute atomic E-state index is 11.4. The SMILES string of the molecule is CCOC(=O)C(=C(C#N)C#N)C1CC1. The fourth-order valence-corrected chi connectivity index (χ4v) is 1.20. The lowest BCUT2D eigenvalue weighted by atomic mass is 10.1. The van der Waals surface area contributed by atoms with Gasteiger partial charge in [0.2, 0.25) is 0 Å². The largest absolute Gasteiger partial charge is 0.463 e. The van der Waals surface area contributed by atoms with Crippen molar-refractivity contribution in [2.24, 2.45) is 5.92 Å². The van der Waals surface area contributed by atoms with E-state index in [2.05, 4.69) is 0 Å². The molecule has 1 fully saturated rings. The Kier molecular flexibility index (Phi) is 3.25. The first-order valence-electron chi connectivity index (χ1n) is 4.46. The van der Waals surface area contributed by atoms with Crippen molar-refractivity contribution in [3.63, 3.8) is 0 Å². The number of ether oxygens (including phenoxy) is 1. The summed E-state index contributed by atoms with van der Waals surface area (Å²) >= 11 is 0. The maximum Gasteiger partial charge on any atom is 0.336 e. The minimum atomic E-state index is -0.520. The van der Waals surface area contributed by atoms with Crippen LogP contribution >= 0.6 is 0 Å². The van der Waals surface area contributed by atoms with Gasteiger partial charge in [-0.15, -0.1) is 0 Å². The monoisotopic (exact) mass is 190 g/mol. The zero-order valence-corrected chi connectivity index (χ0v) is 7.91. The van der Waals surface area contributed by atoms with Gasteiger partial charge in [0.25, 0.3) is 0 Å². The second-order valence-corrected chi connectivity index (χ2v) is 3.01. The highest BCUT2D eigenvalue weighted by molar-refractivity contribution is 5.92. The molecule has 1 aliphatic carbocycles. The van der Waals surface area contributed by atoms with Crippen molar-refractivity contribution in [2.45, 2.75) is 19.8 Å². The molecule has 72 valence electrons. The minimum Gasteiger partial charge on any atom is -0.463 e. The first-order chi connectivity index (χ1) is 6.74. The maximum atomic E-state index is 11.4. The van der Waals surface area contributed by atoms with Crippen LogP contribution in [0.3, 0.4) is 0 Å². The van der Waals surface area contributed by atoms with E-state index in [4.69, 9.17) is 15.3 Å². The third-order valence-electron chi connectivity index (χ3n) is 1.97. The van der Waals surface area contributed by atoms with Crippen molar-refractivity contribution in [3.8, 4) is 12.1 Å². The summed E-state index contributed by atoms with van der Waals surface area (Å²) in [6, 6.07) is 3.46. The number of rotatable bonds is 3. The van der Waals surface area contributed by atoms with Crippen molar-refractivity contribution in [1.82, 2.24) is 0 Å². The van der Waals surface area contributed by atoms with E-state index >= 15 is 0 Å². The number of hydrogen-bond donors (Lipinski definition) is 0. The van der Waals surface area contributed by atoms with Gasteiger partial charge in [-0.3, -0.25) is 0 Å². The third kappa shape index (κ3) is 2.11. The third-order valence-corrected chi connectivity index (χ3v) is 1.97. The van der Waals surface area contributed by atoms with Gasteiger partial charge in [0.05, 0.1) is 12.2 Å². The highest BCUT2D eigenvalue weighted by Gasteiger charge is 2.34. The van der Waals surface area contributed by atoms with Crippen LogP contribution < -0.4 is 0 Å². The molecule has 0 spiro atoms. The Morgan fingerprint density at radius 1 is 1.43 bits per heavy atom. The molecule has 0 aromatic heterocycles. The highest BCUT2D eigenvalue weighted by Crippen LogP contribution is 2.38. The van der Waals surface area contributed by atoms with Gasteiger partial charge >= 0.3 is 5.97 Å². The summed E-state index contributed by atoms with van der Waals surface area (Å²) in [5.74, 6) is -0.462. The van der Waals surface area contributed by atoms with Crippen molar-refractivity contribution >= 4 is 5.97 Å². The first kappa shape index (κ1) is 10.3. The summed E-state index contributed by atoms with van der Waals surface area (Å²) in [4.78, 5) is 11.4. The summed E-state index contributed by atoms with van der Waals surface area (Å²) in [5, 5.41) is 17.3. The Hall–Kier alpha value is -1.81. The van der Waals surface area contributed by atoms with E-state index < -0.39 is 5.97 Å². The second-order valence-electron chi connectivity index (χ2n) is 3.01. The first-order valence-corrected chi connectivity index (χ1v) is 4.46. The van der Waals surface area contributed by atoms with Gasteiger partial charge in [-0.25, -0.2) is 4.79 Å². The number of carbonyl (C=O) groups is 1. The zero-order valence-electron chi connectivity index (χ0n) is 7.91. The number of nitriles is 2. The lowest BCUT2D eigenvalue weighted by Gasteiger charge is -2.04. The van der Waals surface area contributed by atoms with Gasteiger partial charge in [-0.1, -0.05) is 0 Å². The Labute approximate surface area is 82.4 Å². The fourth-order valence-electron chi connectivity index (χ4n) is 1.20. The second kappa shape index (κ2) is 4.43. The van der Waals surface area contributed by atoms with Gasteiger partial charge in [-0.05, 0) is 25.7 Å². The van der Waals surface area contributed by atoms with Gasteiger partial charge in [0.15, 0.2) is 0 Å². The van der Waals surface area contributed by atoms with Crippen LogP contribution in [0, 0.1) is 28.6 Å². The Bertz CT molecular complexity index is 337. The Balaban J connectivity index is 2.96. The number of carbonyl (C=O) groups excluding carboxylic acids is 1. The lowest BCUT2D eigenvalue weighted by molar-refractivity contribution is -0.138. The van der Waals surface area contributed by atoms with E-state index in [1.807, 2.05) is 0 Å². The molecule has 0 aromatic rings. The summed E-state index contributed by atoms with van der Waals surface area (Å²) in [7, 11) is 0. The van der Waals surface area contributed by atoms with Crippen LogP contribution in [0.2, 0.25) is 0 Å². The number of esters is 1. The van der Waals surface area contributed by atoms with Crippen molar-refractivity contribution in [3.05, 3.63) is 11.1 Å². The van der Waals surface area contributed by atoms with Crippen LogP contribution in [-0.2, 0) is 9.53 Å². The van der Waals surface area contributed by atoms with Crippen molar-refractivity contribution < 1.29 is 9.53 Å². The molecule has 4 nitrogen and oxygen atoms in total. The molecule has 0 N–H and O–H groups in total. The smallest absolute Gasteiger partial charge is 0.336 e. The zero-order chi connectivity index (χ0) is 10.6.